The summed E-state index contributed by atoms with van der Waals surface area (Å²) in [6.07, 6.45) is 2.49. The molecule has 0 aromatic carbocycles. The highest BCUT2D eigenvalue weighted by molar-refractivity contribution is 5.86. The Hall–Kier alpha value is -1.30. The molecule has 6 heteroatoms. The van der Waals surface area contributed by atoms with Gasteiger partial charge in [-0.2, -0.15) is 0 Å². The molecule has 0 bridgehead atoms. The van der Waals surface area contributed by atoms with E-state index >= 15 is 0 Å². The van der Waals surface area contributed by atoms with Crippen LogP contribution in [-0.4, -0.2) is 42.4 Å². The van der Waals surface area contributed by atoms with Gasteiger partial charge in [0.25, 0.3) is 0 Å². The van der Waals surface area contributed by atoms with Crippen molar-refractivity contribution >= 4 is 12.0 Å². The van der Waals surface area contributed by atoms with E-state index in [0.717, 1.165) is 12.8 Å². The molecule has 1 rings (SSSR count). The van der Waals surface area contributed by atoms with E-state index in [0.29, 0.717) is 32.6 Å². The molecule has 1 saturated heterocycles. The third kappa shape index (κ3) is 3.89. The molecule has 3 N–H and O–H groups in total. The average Bonchev–Trinajstić information content (AvgIpc) is 2.30. The van der Waals surface area contributed by atoms with Crippen LogP contribution in [0.3, 0.4) is 0 Å². The number of carboxylic acids is 1. The fourth-order valence-corrected chi connectivity index (χ4v) is 1.75. The summed E-state index contributed by atoms with van der Waals surface area (Å²) >= 11 is 0. The molecule has 0 aromatic heterocycles. The van der Waals surface area contributed by atoms with Crippen molar-refractivity contribution < 1.29 is 19.4 Å². The maximum atomic E-state index is 11.6. The van der Waals surface area contributed by atoms with Crippen LogP contribution in [0.25, 0.3) is 0 Å². The van der Waals surface area contributed by atoms with Crippen LogP contribution in [0.15, 0.2) is 0 Å². The summed E-state index contributed by atoms with van der Waals surface area (Å²) in [6.45, 7) is 3.31. The smallest absolute Gasteiger partial charge is 0.329 e. The summed E-state index contributed by atoms with van der Waals surface area (Å²) in [5.41, 5.74) is -1.17. The summed E-state index contributed by atoms with van der Waals surface area (Å²) < 4.78 is 5.12. The zero-order chi connectivity index (χ0) is 12.7. The molecule has 0 radical (unpaired) electrons. The molecule has 17 heavy (non-hydrogen) atoms. The number of hydrogen-bond acceptors (Lipinski definition) is 3. The quantitative estimate of drug-likeness (QED) is 0.622. The van der Waals surface area contributed by atoms with Crippen molar-refractivity contribution in [2.75, 3.05) is 19.8 Å². The van der Waals surface area contributed by atoms with E-state index < -0.39 is 17.5 Å². The van der Waals surface area contributed by atoms with Gasteiger partial charge >= 0.3 is 12.0 Å². The fraction of sp³-hybridized carbons (Fsp3) is 0.818. The van der Waals surface area contributed by atoms with Gasteiger partial charge in [-0.25, -0.2) is 9.59 Å². The molecule has 0 unspecified atom stereocenters. The number of urea groups is 1. The van der Waals surface area contributed by atoms with E-state index in [1.807, 2.05) is 6.92 Å². The van der Waals surface area contributed by atoms with Crippen LogP contribution in [0.1, 0.15) is 32.6 Å². The molecule has 0 atom stereocenters. The van der Waals surface area contributed by atoms with Crippen molar-refractivity contribution in [2.24, 2.45) is 0 Å². The molecule has 6 nitrogen and oxygen atoms in total. The van der Waals surface area contributed by atoms with Crippen LogP contribution in [0, 0.1) is 0 Å². The van der Waals surface area contributed by atoms with Gasteiger partial charge in [0.2, 0.25) is 0 Å². The highest BCUT2D eigenvalue weighted by Gasteiger charge is 2.41. The van der Waals surface area contributed by atoms with Crippen LogP contribution in [0.4, 0.5) is 4.79 Å². The summed E-state index contributed by atoms with van der Waals surface area (Å²) in [7, 11) is 0. The zero-order valence-corrected chi connectivity index (χ0v) is 10.1. The van der Waals surface area contributed by atoms with Crippen molar-refractivity contribution in [1.29, 1.82) is 0 Å². The molecule has 0 aromatic rings. The van der Waals surface area contributed by atoms with Crippen molar-refractivity contribution in [2.45, 2.75) is 38.1 Å². The minimum atomic E-state index is -1.17. The van der Waals surface area contributed by atoms with Crippen LogP contribution >= 0.6 is 0 Å². The Balaban J connectivity index is 2.48. The third-order valence-electron chi connectivity index (χ3n) is 2.92. The number of rotatable bonds is 5. The van der Waals surface area contributed by atoms with Gasteiger partial charge < -0.3 is 20.5 Å². The second-order valence-electron chi connectivity index (χ2n) is 4.23. The lowest BCUT2D eigenvalue weighted by molar-refractivity contribution is -0.148. The van der Waals surface area contributed by atoms with Crippen LogP contribution in [-0.2, 0) is 9.53 Å². The number of carboxylic acid groups (broad SMARTS) is 1. The Morgan fingerprint density at radius 3 is 2.53 bits per heavy atom. The predicted molar refractivity (Wildman–Crippen MR) is 61.9 cm³/mol. The second-order valence-corrected chi connectivity index (χ2v) is 4.23. The number of carbonyl (C=O) groups is 2. The molecule has 0 saturated carbocycles. The Kier molecular flexibility index (Phi) is 5.21. The minimum absolute atomic E-state index is 0.309. The molecular formula is C11H20N2O4. The van der Waals surface area contributed by atoms with Gasteiger partial charge in [0, 0.05) is 32.6 Å². The summed E-state index contributed by atoms with van der Waals surface area (Å²) in [5, 5.41) is 14.4. The number of unbranched alkanes of at least 4 members (excludes halogenated alkanes) is 1. The molecule has 98 valence electrons. The second kappa shape index (κ2) is 6.44. The number of amides is 2. The third-order valence-corrected chi connectivity index (χ3v) is 2.92. The Bertz CT molecular complexity index is 275. The van der Waals surface area contributed by atoms with Crippen molar-refractivity contribution in [3.8, 4) is 0 Å². The van der Waals surface area contributed by atoms with Gasteiger partial charge in [-0.15, -0.1) is 0 Å². The monoisotopic (exact) mass is 244 g/mol. The highest BCUT2D eigenvalue weighted by Crippen LogP contribution is 2.20. The lowest BCUT2D eigenvalue weighted by Gasteiger charge is -2.33. The Morgan fingerprint density at radius 2 is 2.00 bits per heavy atom. The van der Waals surface area contributed by atoms with E-state index in [-0.39, 0.29) is 0 Å². The van der Waals surface area contributed by atoms with Gasteiger partial charge in [0.15, 0.2) is 0 Å². The van der Waals surface area contributed by atoms with Gasteiger partial charge in [-0.1, -0.05) is 13.3 Å². The lowest BCUT2D eigenvalue weighted by Crippen LogP contribution is -2.59. The standard InChI is InChI=1S/C11H20N2O4/c1-2-3-6-12-10(16)13-11(9(14)15)4-7-17-8-5-11/h2-8H2,1H3,(H,14,15)(H2,12,13,16). The number of aliphatic carboxylic acids is 1. The maximum Gasteiger partial charge on any atom is 0.329 e. The van der Waals surface area contributed by atoms with E-state index in [1.54, 1.807) is 0 Å². The van der Waals surface area contributed by atoms with E-state index in [4.69, 9.17) is 4.74 Å². The normalized spacial score (nSPS) is 18.4. The largest absolute Gasteiger partial charge is 0.480 e. The molecule has 0 aliphatic carbocycles. The topological polar surface area (TPSA) is 87.7 Å². The van der Waals surface area contributed by atoms with Gasteiger partial charge in [-0.05, 0) is 6.42 Å². The first-order valence-electron chi connectivity index (χ1n) is 5.98. The average molecular weight is 244 g/mol. The number of carbonyl (C=O) groups excluding carboxylic acids is 1. The molecule has 1 heterocycles. The van der Waals surface area contributed by atoms with Crippen molar-refractivity contribution in [1.82, 2.24) is 10.6 Å². The lowest BCUT2D eigenvalue weighted by atomic mass is 9.90. The first-order chi connectivity index (χ1) is 8.10. The van der Waals surface area contributed by atoms with Crippen LogP contribution in [0.2, 0.25) is 0 Å². The van der Waals surface area contributed by atoms with E-state index in [2.05, 4.69) is 10.6 Å². The number of ether oxygens (including phenoxy) is 1. The molecule has 1 fully saturated rings. The molecule has 2 amide bonds. The van der Waals surface area contributed by atoms with E-state index in [9.17, 15) is 14.7 Å². The molecule has 1 aliphatic heterocycles. The minimum Gasteiger partial charge on any atom is -0.480 e. The molecule has 0 spiro atoms. The van der Waals surface area contributed by atoms with E-state index in [1.165, 1.54) is 0 Å². The Labute approximate surface area is 101 Å². The predicted octanol–water partition coefficient (Wildman–Crippen LogP) is 0.719. The number of hydrogen-bond donors (Lipinski definition) is 3. The SMILES string of the molecule is CCCCNC(=O)NC1(C(=O)O)CCOCC1. The highest BCUT2D eigenvalue weighted by atomic mass is 16.5. The van der Waals surface area contributed by atoms with Crippen LogP contribution < -0.4 is 10.6 Å². The molecule has 1 aliphatic rings. The van der Waals surface area contributed by atoms with Crippen molar-refractivity contribution in [3.63, 3.8) is 0 Å². The first kappa shape index (κ1) is 13.8. The molecular weight excluding hydrogens is 224 g/mol. The maximum absolute atomic E-state index is 11.6. The summed E-state index contributed by atoms with van der Waals surface area (Å²) in [4.78, 5) is 22.8. The summed E-state index contributed by atoms with van der Waals surface area (Å²) in [5.74, 6) is -0.994. The first-order valence-corrected chi connectivity index (χ1v) is 5.98. The van der Waals surface area contributed by atoms with Gasteiger partial charge in [0.05, 0.1) is 0 Å². The van der Waals surface area contributed by atoms with Gasteiger partial charge in [-0.3, -0.25) is 0 Å². The Morgan fingerprint density at radius 1 is 1.35 bits per heavy atom. The van der Waals surface area contributed by atoms with Gasteiger partial charge in [0.1, 0.15) is 5.54 Å². The number of nitrogens with one attached hydrogen (secondary N) is 2. The fourth-order valence-electron chi connectivity index (χ4n) is 1.75. The zero-order valence-electron chi connectivity index (χ0n) is 10.1. The summed E-state index contributed by atoms with van der Waals surface area (Å²) in [6, 6.07) is -0.414. The van der Waals surface area contributed by atoms with Crippen LogP contribution in [0.5, 0.6) is 0 Å². The van der Waals surface area contributed by atoms with Crippen molar-refractivity contribution in [3.05, 3.63) is 0 Å².